The van der Waals surface area contributed by atoms with Gasteiger partial charge in [-0.2, -0.15) is 9.78 Å². The van der Waals surface area contributed by atoms with Gasteiger partial charge in [-0.1, -0.05) is 30.3 Å². The summed E-state index contributed by atoms with van der Waals surface area (Å²) >= 11 is 0. The van der Waals surface area contributed by atoms with Crippen LogP contribution in [0.1, 0.15) is 37.7 Å². The molecule has 0 aliphatic carbocycles. The Morgan fingerprint density at radius 3 is 2.41 bits per heavy atom. The fourth-order valence-corrected chi connectivity index (χ4v) is 4.68. The van der Waals surface area contributed by atoms with E-state index in [4.69, 9.17) is 4.74 Å². The number of aromatic nitrogens is 3. The molecule has 1 aliphatic rings. The van der Waals surface area contributed by atoms with E-state index in [-0.39, 0.29) is 23.9 Å². The van der Waals surface area contributed by atoms with Gasteiger partial charge in [0, 0.05) is 16.5 Å². The number of carbonyl (C=O) groups excluding carboxylic acids is 2. The molecule has 3 heterocycles. The Balaban J connectivity index is 1.34. The number of ether oxygens (including phenoxy) is 1. The molecule has 2 aromatic heterocycles. The third-order valence-corrected chi connectivity index (χ3v) is 6.50. The largest absolute Gasteiger partial charge is 0.496 e. The second-order valence-electron chi connectivity index (χ2n) is 8.73. The number of H-pyrrole nitrogens is 1. The summed E-state index contributed by atoms with van der Waals surface area (Å²) < 4.78 is 6.71. The van der Waals surface area contributed by atoms with Gasteiger partial charge in [0.2, 0.25) is 0 Å². The highest BCUT2D eigenvalue weighted by atomic mass is 16.5. The van der Waals surface area contributed by atoms with Crippen molar-refractivity contribution in [2.45, 2.75) is 13.5 Å². The molecule has 0 spiro atoms. The maximum Gasteiger partial charge on any atom is 0.298 e. The maximum atomic E-state index is 13.2. The molecular formula is C28H21N5O4. The van der Waals surface area contributed by atoms with Gasteiger partial charge in [0.15, 0.2) is 0 Å². The predicted octanol–water partition coefficient (Wildman–Crippen LogP) is 3.87. The molecule has 5 aromatic rings. The summed E-state index contributed by atoms with van der Waals surface area (Å²) in [4.78, 5) is 47.8. The second-order valence-corrected chi connectivity index (χ2v) is 8.73. The Labute approximate surface area is 210 Å². The standard InChI is InChI=1S/C28H21N5O4/c1-16-30-24-21-9-5-6-10-22(21)31-25(24)28(36)33(16)29-14-17-11-12-23(37-2)18(13-17)15-32-26(34)19-7-3-4-8-20(19)27(32)35/h3-14,31H,15H2,1-2H3/b29-14+. The molecule has 1 aliphatic heterocycles. The number of nitrogens with zero attached hydrogens (tertiary/aromatic N) is 4. The van der Waals surface area contributed by atoms with Crippen LogP contribution in [-0.4, -0.2) is 44.7 Å². The highest BCUT2D eigenvalue weighted by Crippen LogP contribution is 2.28. The number of imide groups is 1. The number of para-hydroxylation sites is 1. The lowest BCUT2D eigenvalue weighted by molar-refractivity contribution is 0.0641. The van der Waals surface area contributed by atoms with Gasteiger partial charge < -0.3 is 9.72 Å². The van der Waals surface area contributed by atoms with Gasteiger partial charge in [-0.3, -0.25) is 19.3 Å². The quantitative estimate of drug-likeness (QED) is 0.296. The molecular weight excluding hydrogens is 470 g/mol. The van der Waals surface area contributed by atoms with Crippen LogP contribution in [-0.2, 0) is 6.54 Å². The second kappa shape index (κ2) is 8.56. The molecule has 0 fully saturated rings. The van der Waals surface area contributed by atoms with Crippen LogP contribution < -0.4 is 10.3 Å². The first kappa shape index (κ1) is 22.4. The first-order valence-corrected chi connectivity index (χ1v) is 11.6. The molecule has 1 N–H and O–H groups in total. The number of hydrogen-bond donors (Lipinski definition) is 1. The van der Waals surface area contributed by atoms with Crippen molar-refractivity contribution in [1.29, 1.82) is 0 Å². The maximum absolute atomic E-state index is 13.2. The fraction of sp³-hybridized carbons (Fsp3) is 0.107. The van der Waals surface area contributed by atoms with E-state index >= 15 is 0 Å². The minimum absolute atomic E-state index is 0.0404. The fourth-order valence-electron chi connectivity index (χ4n) is 4.68. The first-order chi connectivity index (χ1) is 18.0. The van der Waals surface area contributed by atoms with Crippen LogP contribution >= 0.6 is 0 Å². The van der Waals surface area contributed by atoms with E-state index in [0.29, 0.717) is 44.9 Å². The normalized spacial score (nSPS) is 13.3. The lowest BCUT2D eigenvalue weighted by Gasteiger charge is -2.16. The molecule has 0 saturated carbocycles. The van der Waals surface area contributed by atoms with Crippen LogP contribution in [0.15, 0.2) is 76.6 Å². The smallest absolute Gasteiger partial charge is 0.298 e. The van der Waals surface area contributed by atoms with Crippen LogP contribution in [0, 0.1) is 6.92 Å². The molecule has 0 radical (unpaired) electrons. The van der Waals surface area contributed by atoms with Gasteiger partial charge in [0.1, 0.15) is 22.6 Å². The summed E-state index contributed by atoms with van der Waals surface area (Å²) in [5.41, 5.74) is 3.58. The van der Waals surface area contributed by atoms with E-state index in [1.807, 2.05) is 24.3 Å². The Morgan fingerprint density at radius 2 is 1.68 bits per heavy atom. The molecule has 0 unspecified atom stereocenters. The van der Waals surface area contributed by atoms with E-state index in [1.54, 1.807) is 49.4 Å². The van der Waals surface area contributed by atoms with Crippen molar-refractivity contribution >= 4 is 40.0 Å². The third kappa shape index (κ3) is 3.59. The van der Waals surface area contributed by atoms with Gasteiger partial charge in [-0.15, -0.1) is 0 Å². The zero-order chi connectivity index (χ0) is 25.7. The summed E-state index contributed by atoms with van der Waals surface area (Å²) in [7, 11) is 1.53. The minimum Gasteiger partial charge on any atom is -0.496 e. The number of methoxy groups -OCH3 is 1. The number of aromatic amines is 1. The average molecular weight is 492 g/mol. The molecule has 3 aromatic carbocycles. The van der Waals surface area contributed by atoms with Crippen LogP contribution in [0.5, 0.6) is 5.75 Å². The van der Waals surface area contributed by atoms with Crippen LogP contribution in [0.2, 0.25) is 0 Å². The van der Waals surface area contributed by atoms with Gasteiger partial charge in [0.25, 0.3) is 17.4 Å². The summed E-state index contributed by atoms with van der Waals surface area (Å²) in [6, 6.07) is 19.7. The highest BCUT2D eigenvalue weighted by molar-refractivity contribution is 6.21. The van der Waals surface area contributed by atoms with Crippen LogP contribution in [0.4, 0.5) is 0 Å². The lowest BCUT2D eigenvalue weighted by Crippen LogP contribution is -2.29. The van der Waals surface area contributed by atoms with Gasteiger partial charge in [-0.05, 0) is 48.9 Å². The van der Waals surface area contributed by atoms with Crippen molar-refractivity contribution in [1.82, 2.24) is 19.5 Å². The van der Waals surface area contributed by atoms with E-state index in [9.17, 15) is 14.4 Å². The number of amides is 2. The Hall–Kier alpha value is -5.05. The van der Waals surface area contributed by atoms with Crippen LogP contribution in [0.25, 0.3) is 21.9 Å². The van der Waals surface area contributed by atoms with E-state index in [1.165, 1.54) is 22.9 Å². The molecule has 37 heavy (non-hydrogen) atoms. The average Bonchev–Trinajstić information content (AvgIpc) is 3.40. The monoisotopic (exact) mass is 491 g/mol. The van der Waals surface area contributed by atoms with Crippen molar-refractivity contribution in [3.63, 3.8) is 0 Å². The molecule has 0 saturated heterocycles. The van der Waals surface area contributed by atoms with Gasteiger partial charge >= 0.3 is 0 Å². The van der Waals surface area contributed by atoms with Crippen molar-refractivity contribution in [3.8, 4) is 5.75 Å². The van der Waals surface area contributed by atoms with Crippen molar-refractivity contribution in [2.24, 2.45) is 5.10 Å². The molecule has 182 valence electrons. The van der Waals surface area contributed by atoms with Crippen molar-refractivity contribution in [2.75, 3.05) is 7.11 Å². The first-order valence-electron chi connectivity index (χ1n) is 11.6. The number of carbonyl (C=O) groups is 2. The van der Waals surface area contributed by atoms with Crippen molar-refractivity contribution in [3.05, 3.63) is 105 Å². The SMILES string of the molecule is COc1ccc(/C=N/n2c(C)nc3c([nH]c4ccccc43)c2=O)cc1CN1C(=O)c2ccccc2C1=O. The summed E-state index contributed by atoms with van der Waals surface area (Å²) in [6.45, 7) is 1.76. The number of fused-ring (bicyclic) bond motifs is 4. The number of hydrogen-bond acceptors (Lipinski definition) is 6. The zero-order valence-corrected chi connectivity index (χ0v) is 20.1. The lowest BCUT2D eigenvalue weighted by atomic mass is 10.1. The van der Waals surface area contributed by atoms with E-state index in [2.05, 4.69) is 15.1 Å². The van der Waals surface area contributed by atoms with Crippen LogP contribution in [0.3, 0.4) is 0 Å². The molecule has 2 amide bonds. The topological polar surface area (TPSA) is 110 Å². The predicted molar refractivity (Wildman–Crippen MR) is 139 cm³/mol. The summed E-state index contributed by atoms with van der Waals surface area (Å²) in [6.07, 6.45) is 1.54. The Kier molecular flexibility index (Phi) is 5.19. The third-order valence-electron chi connectivity index (χ3n) is 6.50. The van der Waals surface area contributed by atoms with E-state index in [0.717, 1.165) is 10.9 Å². The highest BCUT2D eigenvalue weighted by Gasteiger charge is 2.35. The number of nitrogens with one attached hydrogen (secondary N) is 1. The summed E-state index contributed by atoms with van der Waals surface area (Å²) in [5.74, 6) is 0.282. The number of aryl methyl sites for hydroxylation is 1. The van der Waals surface area contributed by atoms with Crippen molar-refractivity contribution < 1.29 is 14.3 Å². The Bertz CT molecular complexity index is 1800. The molecule has 9 heteroatoms. The van der Waals surface area contributed by atoms with E-state index < -0.39 is 0 Å². The Morgan fingerprint density at radius 1 is 0.973 bits per heavy atom. The molecule has 6 rings (SSSR count). The zero-order valence-electron chi connectivity index (χ0n) is 20.1. The molecule has 9 nitrogen and oxygen atoms in total. The number of rotatable bonds is 5. The van der Waals surface area contributed by atoms with Gasteiger partial charge in [0.05, 0.1) is 31.0 Å². The molecule has 0 atom stereocenters. The van der Waals surface area contributed by atoms with Gasteiger partial charge in [-0.25, -0.2) is 4.98 Å². The molecule has 0 bridgehead atoms. The summed E-state index contributed by atoms with van der Waals surface area (Å²) in [5, 5.41) is 5.27. The number of benzene rings is 3. The minimum atomic E-state index is -0.346.